The molecule has 1 heterocycles. The van der Waals surface area contributed by atoms with Crippen LogP contribution in [0.5, 0.6) is 5.75 Å². The van der Waals surface area contributed by atoms with Crippen molar-refractivity contribution in [2.24, 2.45) is 0 Å². The molecule has 0 radical (unpaired) electrons. The Morgan fingerprint density at radius 3 is 2.31 bits per heavy atom. The molecule has 1 aliphatic carbocycles. The van der Waals surface area contributed by atoms with E-state index in [2.05, 4.69) is 4.98 Å². The van der Waals surface area contributed by atoms with Crippen molar-refractivity contribution >= 4 is 28.7 Å². The van der Waals surface area contributed by atoms with Crippen LogP contribution in [0, 0.1) is 5.82 Å². The number of hydrogen-bond donors (Lipinski definition) is 1. The van der Waals surface area contributed by atoms with Crippen LogP contribution in [0.2, 0.25) is 5.02 Å². The summed E-state index contributed by atoms with van der Waals surface area (Å²) in [4.78, 5) is 14.8. The molecule has 13 heteroatoms. The summed E-state index contributed by atoms with van der Waals surface area (Å²) in [5.41, 5.74) is -2.44. The number of carboxylic acids is 1. The van der Waals surface area contributed by atoms with E-state index in [0.717, 1.165) is 42.6 Å². The van der Waals surface area contributed by atoms with Gasteiger partial charge in [0, 0.05) is 17.3 Å². The molecule has 1 aromatic heterocycles. The van der Waals surface area contributed by atoms with Gasteiger partial charge in [0.2, 0.25) is 0 Å². The molecular formula is C26H18ClF7NNaO3. The summed E-state index contributed by atoms with van der Waals surface area (Å²) in [6, 6.07) is 7.21. The molecule has 0 unspecified atom stereocenters. The second-order valence-corrected chi connectivity index (χ2v) is 8.87. The van der Waals surface area contributed by atoms with Gasteiger partial charge in [-0.05, 0) is 72.4 Å². The molecule has 0 amide bonds. The minimum Gasteiger partial charge on any atom is -1.00 e. The van der Waals surface area contributed by atoms with E-state index in [0.29, 0.717) is 23.1 Å². The van der Waals surface area contributed by atoms with Crippen LogP contribution in [0.3, 0.4) is 0 Å². The normalized spacial score (nSPS) is 13.8. The molecule has 1 aliphatic rings. The number of hydrogen-bond acceptors (Lipinski definition) is 3. The Bertz CT molecular complexity index is 1440. The third-order valence-electron chi connectivity index (χ3n) is 5.98. The molecule has 2 aromatic carbocycles. The number of alkyl halides is 6. The molecular weight excluding hydrogens is 566 g/mol. The van der Waals surface area contributed by atoms with Crippen LogP contribution in [0.1, 0.15) is 59.0 Å². The number of rotatable bonds is 6. The Hall–Kier alpha value is -2.60. The molecule has 1 N–H and O–H groups in total. The third-order valence-corrected chi connectivity index (χ3v) is 6.34. The number of pyridine rings is 1. The van der Waals surface area contributed by atoms with Crippen LogP contribution in [0.15, 0.2) is 48.7 Å². The summed E-state index contributed by atoms with van der Waals surface area (Å²) in [6.45, 7) is -0.203. The first-order valence-corrected chi connectivity index (χ1v) is 11.4. The predicted octanol–water partition coefficient (Wildman–Crippen LogP) is 5.40. The van der Waals surface area contributed by atoms with Crippen LogP contribution in [-0.2, 0) is 19.0 Å². The van der Waals surface area contributed by atoms with Gasteiger partial charge in [-0.3, -0.25) is 4.98 Å². The first kappa shape index (κ1) is 30.9. The van der Waals surface area contributed by atoms with Crippen molar-refractivity contribution in [2.45, 2.75) is 38.2 Å². The van der Waals surface area contributed by atoms with Crippen molar-refractivity contribution < 1.29 is 76.4 Å². The van der Waals surface area contributed by atoms with Crippen molar-refractivity contribution in [1.29, 1.82) is 0 Å². The quantitative estimate of drug-likeness (QED) is 0.312. The van der Waals surface area contributed by atoms with Crippen molar-refractivity contribution in [3.8, 4) is 5.75 Å². The molecule has 0 saturated heterocycles. The summed E-state index contributed by atoms with van der Waals surface area (Å²) < 4.78 is 99.6. The van der Waals surface area contributed by atoms with E-state index >= 15 is 0 Å². The molecule has 0 spiro atoms. The number of aromatic carboxylic acids is 1. The van der Waals surface area contributed by atoms with Crippen LogP contribution in [0.25, 0.3) is 11.1 Å². The van der Waals surface area contributed by atoms with Gasteiger partial charge in [-0.15, -0.1) is 0 Å². The van der Waals surface area contributed by atoms with Gasteiger partial charge in [0.1, 0.15) is 18.2 Å². The molecule has 4 nitrogen and oxygen atoms in total. The van der Waals surface area contributed by atoms with E-state index in [1.165, 1.54) is 6.07 Å². The predicted molar refractivity (Wildman–Crippen MR) is 125 cm³/mol. The van der Waals surface area contributed by atoms with Crippen molar-refractivity contribution in [1.82, 2.24) is 4.98 Å². The van der Waals surface area contributed by atoms with Gasteiger partial charge in [-0.25, -0.2) is 9.18 Å². The number of benzene rings is 2. The first-order valence-electron chi connectivity index (χ1n) is 11.1. The van der Waals surface area contributed by atoms with Crippen molar-refractivity contribution in [2.75, 3.05) is 0 Å². The molecule has 0 fully saturated rings. The van der Waals surface area contributed by atoms with Gasteiger partial charge in [-0.1, -0.05) is 17.7 Å². The average Bonchev–Trinajstić information content (AvgIpc) is 3.31. The Kier molecular flexibility index (Phi) is 9.42. The standard InChI is InChI=1S/C26H17ClF7NO3.Na.H/c27-21-10-16(28)6-4-13(21)12-38-22-7-5-15(25(29,30)31)9-19(22)18-3-1-2-17(18)14-8-20(24(36)37)23(35-11-14)26(32,33)34;;/h4-11H,1-3,12H2,(H,36,37);;/q;+1;-1. The summed E-state index contributed by atoms with van der Waals surface area (Å²) in [6.07, 6.45) is -7.87. The van der Waals surface area contributed by atoms with Gasteiger partial charge in [0.25, 0.3) is 0 Å². The van der Waals surface area contributed by atoms with E-state index in [-0.39, 0.29) is 72.3 Å². The summed E-state index contributed by atoms with van der Waals surface area (Å²) in [7, 11) is 0. The molecule has 0 atom stereocenters. The van der Waals surface area contributed by atoms with E-state index in [4.69, 9.17) is 16.3 Å². The maximum Gasteiger partial charge on any atom is 1.00 e. The number of carbonyl (C=O) groups is 1. The van der Waals surface area contributed by atoms with E-state index in [1.54, 1.807) is 0 Å². The van der Waals surface area contributed by atoms with Crippen LogP contribution >= 0.6 is 11.6 Å². The monoisotopic (exact) mass is 583 g/mol. The first-order chi connectivity index (χ1) is 17.8. The van der Waals surface area contributed by atoms with Crippen LogP contribution in [-0.4, -0.2) is 16.1 Å². The van der Waals surface area contributed by atoms with Gasteiger partial charge in [0.05, 0.1) is 16.1 Å². The van der Waals surface area contributed by atoms with Crippen molar-refractivity contribution in [3.63, 3.8) is 0 Å². The zero-order valence-electron chi connectivity index (χ0n) is 21.2. The minimum absolute atomic E-state index is 0. The summed E-state index contributed by atoms with van der Waals surface area (Å²) in [5, 5.41) is 9.38. The summed E-state index contributed by atoms with van der Waals surface area (Å²) in [5.74, 6) is -2.39. The Morgan fingerprint density at radius 1 is 1.00 bits per heavy atom. The van der Waals surface area contributed by atoms with Crippen molar-refractivity contribution in [3.05, 3.63) is 93.0 Å². The van der Waals surface area contributed by atoms with Crippen LogP contribution < -0.4 is 34.3 Å². The number of allylic oxidation sites excluding steroid dienone is 2. The second-order valence-electron chi connectivity index (χ2n) is 8.47. The van der Waals surface area contributed by atoms with E-state index in [1.807, 2.05) is 0 Å². The smallest absolute Gasteiger partial charge is 1.00 e. The average molecular weight is 584 g/mol. The molecule has 3 aromatic rings. The maximum atomic E-state index is 13.6. The van der Waals surface area contributed by atoms with Gasteiger partial charge in [-0.2, -0.15) is 26.3 Å². The molecule has 202 valence electrons. The SMILES string of the molecule is O=C(O)c1cc(C2=C(c3cc(C(F)(F)F)ccc3OCc3ccc(F)cc3Cl)CCC2)cnc1C(F)(F)F.[H-].[Na+]. The van der Waals surface area contributed by atoms with Crippen LogP contribution in [0.4, 0.5) is 30.7 Å². The fourth-order valence-electron chi connectivity index (χ4n) is 4.24. The topological polar surface area (TPSA) is 59.4 Å². The fraction of sp³-hybridized carbons (Fsp3) is 0.231. The molecule has 39 heavy (non-hydrogen) atoms. The molecule has 0 saturated carbocycles. The van der Waals surface area contributed by atoms with Gasteiger partial charge < -0.3 is 11.3 Å². The van der Waals surface area contributed by atoms with E-state index in [9.17, 15) is 40.6 Å². The minimum atomic E-state index is -5.01. The zero-order valence-corrected chi connectivity index (χ0v) is 22.9. The Labute approximate surface area is 246 Å². The number of aromatic nitrogens is 1. The Balaban J connectivity index is 0.00000280. The summed E-state index contributed by atoms with van der Waals surface area (Å²) >= 11 is 6.02. The largest absolute Gasteiger partial charge is 1.00 e. The third kappa shape index (κ3) is 6.95. The van der Waals surface area contributed by atoms with E-state index < -0.39 is 41.0 Å². The van der Waals surface area contributed by atoms with Gasteiger partial charge in [0.15, 0.2) is 5.69 Å². The molecule has 0 bridgehead atoms. The fourth-order valence-corrected chi connectivity index (χ4v) is 4.46. The molecule has 0 aliphatic heterocycles. The molecule has 4 rings (SSSR count). The van der Waals surface area contributed by atoms with Gasteiger partial charge >= 0.3 is 47.9 Å². The second kappa shape index (κ2) is 11.9. The zero-order chi connectivity index (χ0) is 27.8. The number of ether oxygens (including phenoxy) is 1. The Morgan fingerprint density at radius 2 is 1.69 bits per heavy atom. The number of nitrogens with zero attached hydrogens (tertiary/aromatic N) is 1. The number of carboxylic acid groups (broad SMARTS) is 1. The maximum absolute atomic E-state index is 13.6. The number of halogens is 8.